The smallest absolute Gasteiger partial charge is 0.334 e. The highest BCUT2D eigenvalue weighted by atomic mass is 16.3. The Bertz CT molecular complexity index is 2470. The number of fused-ring (bicyclic) bond motifs is 2. The maximum atomic E-state index is 14.8. The number of aromatic nitrogens is 2. The Morgan fingerprint density at radius 2 is 1.68 bits per heavy atom. The van der Waals surface area contributed by atoms with Crippen LogP contribution in [0.5, 0.6) is 5.75 Å². The molecule has 63 heavy (non-hydrogen) atoms. The Morgan fingerprint density at radius 1 is 0.921 bits per heavy atom. The summed E-state index contributed by atoms with van der Waals surface area (Å²) in [7, 11) is 1.88. The van der Waals surface area contributed by atoms with Crippen LogP contribution in [0.15, 0.2) is 116 Å². The normalized spacial score (nSPS) is 18.4. The van der Waals surface area contributed by atoms with Crippen LogP contribution in [0.2, 0.25) is 0 Å². The Kier molecular flexibility index (Phi) is 12.8. The van der Waals surface area contributed by atoms with Gasteiger partial charge in [0.25, 0.3) is 5.91 Å². The van der Waals surface area contributed by atoms with Crippen molar-refractivity contribution >= 4 is 40.6 Å². The number of piperazine rings is 1. The van der Waals surface area contributed by atoms with E-state index in [-0.39, 0.29) is 74.6 Å². The highest BCUT2D eigenvalue weighted by molar-refractivity contribution is 6.07. The van der Waals surface area contributed by atoms with Gasteiger partial charge in [0.15, 0.2) is 0 Å². The Hall–Kier alpha value is -7.00. The number of hydrazine groups is 1. The molecule has 5 heterocycles. The van der Waals surface area contributed by atoms with Crippen molar-refractivity contribution in [3.05, 3.63) is 144 Å². The molecule has 15 nitrogen and oxygen atoms in total. The van der Waals surface area contributed by atoms with Gasteiger partial charge in [-0.1, -0.05) is 72.8 Å². The summed E-state index contributed by atoms with van der Waals surface area (Å²) in [5.74, 6) is -0.592. The minimum atomic E-state index is -0.949. The number of phenols is 1. The van der Waals surface area contributed by atoms with Gasteiger partial charge in [-0.05, 0) is 59.7 Å². The molecule has 2 atom stereocenters. The number of para-hydroxylation sites is 1. The minimum Gasteiger partial charge on any atom is -0.508 e. The van der Waals surface area contributed by atoms with Gasteiger partial charge in [0, 0.05) is 82.6 Å². The monoisotopic (exact) mass is 851 g/mol. The number of pyridine rings is 1. The van der Waals surface area contributed by atoms with Gasteiger partial charge in [-0.15, -0.1) is 6.58 Å². The van der Waals surface area contributed by atoms with Gasteiger partial charge in [0.2, 0.25) is 17.7 Å². The molecule has 15 heteroatoms. The van der Waals surface area contributed by atoms with Crippen molar-refractivity contribution in [1.82, 2.24) is 44.9 Å². The number of aromatic hydroxyl groups is 1. The van der Waals surface area contributed by atoms with Gasteiger partial charge < -0.3 is 35.0 Å². The summed E-state index contributed by atoms with van der Waals surface area (Å²) in [6.07, 6.45) is 8.56. The number of amides is 6. The zero-order valence-corrected chi connectivity index (χ0v) is 35.4. The predicted molar refractivity (Wildman–Crippen MR) is 236 cm³/mol. The average Bonchev–Trinajstić information content (AvgIpc) is 3.64. The lowest BCUT2D eigenvalue weighted by Gasteiger charge is -2.55. The number of urea groups is 1. The van der Waals surface area contributed by atoms with Gasteiger partial charge in [-0.2, -0.15) is 0 Å². The first-order chi connectivity index (χ1) is 30.6. The molecule has 3 saturated heterocycles. The second kappa shape index (κ2) is 18.9. The van der Waals surface area contributed by atoms with Crippen LogP contribution >= 0.6 is 0 Å². The molecule has 0 aliphatic carbocycles. The van der Waals surface area contributed by atoms with E-state index < -0.39 is 18.2 Å². The number of hydrogen-bond donors (Lipinski definition) is 3. The second-order valence-electron chi connectivity index (χ2n) is 16.5. The second-order valence-corrected chi connectivity index (χ2v) is 16.5. The maximum absolute atomic E-state index is 14.8. The number of carbonyl (C=O) groups is 5. The van der Waals surface area contributed by atoms with E-state index >= 15 is 0 Å². The molecular weight excluding hydrogens is 799 g/mol. The maximum Gasteiger partial charge on any atom is 0.334 e. The van der Waals surface area contributed by atoms with Crippen LogP contribution in [0.4, 0.5) is 4.79 Å². The third-order valence-corrected chi connectivity index (χ3v) is 12.2. The summed E-state index contributed by atoms with van der Waals surface area (Å²) < 4.78 is 1.92. The molecule has 3 fully saturated rings. The van der Waals surface area contributed by atoms with Crippen molar-refractivity contribution in [2.24, 2.45) is 7.05 Å². The van der Waals surface area contributed by atoms with Gasteiger partial charge in [-0.25, -0.2) is 14.8 Å². The largest absolute Gasteiger partial charge is 0.508 e. The summed E-state index contributed by atoms with van der Waals surface area (Å²) in [6, 6.07) is 24.3. The first kappa shape index (κ1) is 42.7. The molecule has 0 bridgehead atoms. The summed E-state index contributed by atoms with van der Waals surface area (Å²) in [5, 5.41) is 20.2. The number of carbonyl (C=O) groups excluding carboxylic acids is 5. The predicted octanol–water partition coefficient (Wildman–Crippen LogP) is 4.37. The van der Waals surface area contributed by atoms with Crippen molar-refractivity contribution in [2.45, 2.75) is 63.4 Å². The van der Waals surface area contributed by atoms with Crippen molar-refractivity contribution in [2.75, 3.05) is 32.7 Å². The number of likely N-dealkylation sites (tertiary alicyclic amines) is 1. The highest BCUT2D eigenvalue weighted by Gasteiger charge is 2.51. The van der Waals surface area contributed by atoms with Crippen LogP contribution in [0, 0.1) is 0 Å². The van der Waals surface area contributed by atoms with Gasteiger partial charge in [-0.3, -0.25) is 24.2 Å². The third kappa shape index (κ3) is 9.43. The number of benzene rings is 3. The standard InChI is InChI=1S/C48H53N9O6/c1-3-23-55-32-44(60)56-41(26-33-14-17-38(58)18-15-33)47(62)54(31-43(56)57(55)48(63)50-28-34-9-5-4-6-10-34)29-36-12-7-13-39-40(30-52(2)45(36)39)46(61)53-24-20-37(21-25-53)51-42(59)19-16-35-11-8-22-49-27-35/h3-15,17-18,22,27,30,37,41,43,58H,1,16,19-21,23-26,28-29,31-32H2,2H3,(H,50,63)(H,51,59)/t41-,43-/m0/s1. The molecule has 2 aromatic heterocycles. The highest BCUT2D eigenvalue weighted by Crippen LogP contribution is 2.32. The minimum absolute atomic E-state index is 0.0139. The molecular formula is C48H53N9O6. The molecule has 0 spiro atoms. The van der Waals surface area contributed by atoms with Crippen LogP contribution in [0.25, 0.3) is 10.9 Å². The summed E-state index contributed by atoms with van der Waals surface area (Å²) in [5.41, 5.74) is 4.82. The van der Waals surface area contributed by atoms with Crippen molar-refractivity contribution in [3.63, 3.8) is 0 Å². The van der Waals surface area contributed by atoms with E-state index in [0.717, 1.165) is 33.2 Å². The molecule has 3 aliphatic heterocycles. The lowest BCUT2D eigenvalue weighted by Crippen LogP contribution is -2.76. The first-order valence-electron chi connectivity index (χ1n) is 21.5. The van der Waals surface area contributed by atoms with Crippen LogP contribution in [-0.2, 0) is 47.4 Å². The fraction of sp³-hybridized carbons (Fsp3) is 0.333. The molecule has 0 radical (unpaired) electrons. The first-order valence-corrected chi connectivity index (χ1v) is 21.5. The molecule has 0 saturated carbocycles. The van der Waals surface area contributed by atoms with E-state index in [0.29, 0.717) is 44.3 Å². The molecule has 326 valence electrons. The van der Waals surface area contributed by atoms with Gasteiger partial charge >= 0.3 is 6.03 Å². The van der Waals surface area contributed by atoms with Crippen molar-refractivity contribution < 1.29 is 29.1 Å². The number of nitrogens with zero attached hydrogens (tertiary/aromatic N) is 7. The van der Waals surface area contributed by atoms with Crippen LogP contribution in [0.1, 0.15) is 51.9 Å². The molecule has 5 aromatic rings. The zero-order valence-electron chi connectivity index (χ0n) is 35.4. The van der Waals surface area contributed by atoms with E-state index in [9.17, 15) is 29.1 Å². The topological polar surface area (TPSA) is 164 Å². The van der Waals surface area contributed by atoms with Crippen LogP contribution < -0.4 is 10.6 Å². The molecule has 8 rings (SSSR count). The number of nitrogens with one attached hydrogen (secondary N) is 2. The van der Waals surface area contributed by atoms with Crippen molar-refractivity contribution in [3.8, 4) is 5.75 Å². The van der Waals surface area contributed by atoms with Gasteiger partial charge in [0.1, 0.15) is 18.0 Å². The summed E-state index contributed by atoms with van der Waals surface area (Å²) >= 11 is 0. The summed E-state index contributed by atoms with van der Waals surface area (Å²) in [4.78, 5) is 79.2. The number of hydrogen-bond acceptors (Lipinski definition) is 8. The molecule has 6 amide bonds. The van der Waals surface area contributed by atoms with E-state index in [1.807, 2.05) is 83.4 Å². The molecule has 3 N–H and O–H groups in total. The Morgan fingerprint density at radius 3 is 2.41 bits per heavy atom. The zero-order chi connectivity index (χ0) is 44.0. The fourth-order valence-corrected chi connectivity index (χ4v) is 9.11. The van der Waals surface area contributed by atoms with Crippen LogP contribution in [0.3, 0.4) is 0 Å². The van der Waals surface area contributed by atoms with Crippen molar-refractivity contribution in [1.29, 1.82) is 0 Å². The quantitative estimate of drug-likeness (QED) is 0.147. The van der Waals surface area contributed by atoms with Crippen LogP contribution in [-0.4, -0.2) is 120 Å². The van der Waals surface area contributed by atoms with E-state index in [2.05, 4.69) is 22.2 Å². The van der Waals surface area contributed by atoms with Gasteiger partial charge in [0.05, 0.1) is 24.2 Å². The molecule has 0 unspecified atom stereocenters. The average molecular weight is 852 g/mol. The summed E-state index contributed by atoms with van der Waals surface area (Å²) in [6.45, 7) is 5.44. The number of piperidine rings is 1. The SMILES string of the molecule is C=CCN1CC(=O)N2[C@@H](Cc3ccc(O)cc3)C(=O)N(Cc3cccc4c(C(=O)N5CCC(NC(=O)CCc6cccnc6)CC5)cn(C)c34)C[C@@H]2N1C(=O)NCc1ccccc1. The third-order valence-electron chi connectivity index (χ3n) is 12.2. The lowest BCUT2D eigenvalue weighted by molar-refractivity contribution is -0.189. The van der Waals surface area contributed by atoms with E-state index in [1.165, 1.54) is 0 Å². The van der Waals surface area contributed by atoms with E-state index in [4.69, 9.17) is 0 Å². The molecule has 3 aliphatic rings. The number of aryl methyl sites for hydroxylation is 2. The lowest BCUT2D eigenvalue weighted by atomic mass is 9.98. The molecule has 3 aromatic carbocycles. The number of phenolic OH excluding ortho intramolecular Hbond substituents is 1. The fourth-order valence-electron chi connectivity index (χ4n) is 9.11. The number of rotatable bonds is 13. The Balaban J connectivity index is 1.02. The Labute approximate surface area is 366 Å². The van der Waals surface area contributed by atoms with E-state index in [1.54, 1.807) is 62.6 Å².